The highest BCUT2D eigenvalue weighted by atomic mass is 35.5. The molecule has 7 heteroatoms. The molecule has 6 nitrogen and oxygen atoms in total. The number of amides is 1. The molecule has 0 bridgehead atoms. The molecule has 0 aliphatic carbocycles. The lowest BCUT2D eigenvalue weighted by Gasteiger charge is -2.27. The fourth-order valence-electron chi connectivity index (χ4n) is 3.17. The summed E-state index contributed by atoms with van der Waals surface area (Å²) in [6, 6.07) is 8.00. The summed E-state index contributed by atoms with van der Waals surface area (Å²) in [6.45, 7) is 6.11. The lowest BCUT2D eigenvalue weighted by Crippen LogP contribution is -2.38. The van der Waals surface area contributed by atoms with Crippen molar-refractivity contribution in [2.75, 3.05) is 27.2 Å². The zero-order valence-electron chi connectivity index (χ0n) is 18.3. The molecule has 1 aromatic carbocycles. The smallest absolute Gasteiger partial charge is 0.246 e. The number of carbonyl (C=O) groups is 2. The Balaban J connectivity index is 0.000000269. The average Bonchev–Trinajstić information content (AvgIpc) is 3.13. The van der Waals surface area contributed by atoms with Crippen molar-refractivity contribution in [2.45, 2.75) is 39.8 Å². The molecule has 0 N–H and O–H groups in total. The average molecular weight is 431 g/mol. The zero-order valence-corrected chi connectivity index (χ0v) is 19.0. The highest BCUT2D eigenvalue weighted by Crippen LogP contribution is 2.16. The van der Waals surface area contributed by atoms with E-state index in [0.29, 0.717) is 25.3 Å². The third-order valence-electron chi connectivity index (χ3n) is 4.74. The fraction of sp³-hybridized carbons (Fsp3) is 0.435. The fourth-order valence-corrected chi connectivity index (χ4v) is 3.40. The number of fused-ring (bicyclic) bond motifs is 1. The molecule has 3 rings (SSSR count). The molecule has 0 atom stereocenters. The van der Waals surface area contributed by atoms with Crippen LogP contribution in [0.3, 0.4) is 0 Å². The predicted molar refractivity (Wildman–Crippen MR) is 121 cm³/mol. The van der Waals surface area contributed by atoms with Gasteiger partial charge in [0.25, 0.3) is 0 Å². The zero-order chi connectivity index (χ0) is 22.1. The van der Waals surface area contributed by atoms with E-state index < -0.39 is 0 Å². The van der Waals surface area contributed by atoms with Crippen molar-refractivity contribution in [2.24, 2.45) is 0 Å². The molecule has 30 heavy (non-hydrogen) atoms. The number of halogens is 1. The van der Waals surface area contributed by atoms with E-state index >= 15 is 0 Å². The van der Waals surface area contributed by atoms with E-state index in [1.807, 2.05) is 47.8 Å². The van der Waals surface area contributed by atoms with Crippen molar-refractivity contribution in [3.05, 3.63) is 64.7 Å². The number of ketones is 1. The Hall–Kier alpha value is -2.44. The van der Waals surface area contributed by atoms with Gasteiger partial charge in [0.05, 0.1) is 12.7 Å². The summed E-state index contributed by atoms with van der Waals surface area (Å²) in [6.07, 6.45) is 7.28. The number of hydrogen-bond donors (Lipinski definition) is 0. The maximum absolute atomic E-state index is 12.0. The van der Waals surface area contributed by atoms with Gasteiger partial charge in [0, 0.05) is 37.7 Å². The molecule has 2 heterocycles. The van der Waals surface area contributed by atoms with Gasteiger partial charge in [0.15, 0.2) is 5.78 Å². The van der Waals surface area contributed by atoms with Crippen molar-refractivity contribution >= 4 is 23.3 Å². The molecule has 0 saturated carbocycles. The van der Waals surface area contributed by atoms with Gasteiger partial charge in [-0.1, -0.05) is 49.2 Å². The van der Waals surface area contributed by atoms with E-state index in [4.69, 9.17) is 11.6 Å². The van der Waals surface area contributed by atoms with Gasteiger partial charge in [0.2, 0.25) is 5.91 Å². The van der Waals surface area contributed by atoms with Crippen molar-refractivity contribution in [1.29, 1.82) is 0 Å². The Labute approximate surface area is 184 Å². The second-order valence-electron chi connectivity index (χ2n) is 7.53. The van der Waals surface area contributed by atoms with Gasteiger partial charge in [0.1, 0.15) is 11.5 Å². The SMILES string of the molecule is CC(=O)c1cnc2n1CCN(C(=O)/C=C/CN(C)C)C2.CCCc1ccccc1Cl. The number of aryl methyl sites for hydroxylation is 1. The highest BCUT2D eigenvalue weighted by molar-refractivity contribution is 6.31. The molecule has 0 radical (unpaired) electrons. The monoisotopic (exact) mass is 430 g/mol. The molecule has 0 fully saturated rings. The minimum absolute atomic E-state index is 0.00871. The largest absolute Gasteiger partial charge is 0.330 e. The van der Waals surface area contributed by atoms with E-state index in [1.54, 1.807) is 17.2 Å². The minimum Gasteiger partial charge on any atom is -0.330 e. The van der Waals surface area contributed by atoms with Crippen LogP contribution in [0.25, 0.3) is 0 Å². The van der Waals surface area contributed by atoms with Crippen molar-refractivity contribution < 1.29 is 9.59 Å². The van der Waals surface area contributed by atoms with Crippen LogP contribution in [0.1, 0.15) is 42.1 Å². The van der Waals surface area contributed by atoms with Crippen molar-refractivity contribution in [3.8, 4) is 0 Å². The second-order valence-corrected chi connectivity index (χ2v) is 7.94. The van der Waals surface area contributed by atoms with Crippen molar-refractivity contribution in [1.82, 2.24) is 19.4 Å². The van der Waals surface area contributed by atoms with E-state index in [1.165, 1.54) is 12.5 Å². The number of hydrogen-bond acceptors (Lipinski definition) is 4. The third-order valence-corrected chi connectivity index (χ3v) is 5.11. The van der Waals surface area contributed by atoms with E-state index in [2.05, 4.69) is 18.0 Å². The first-order valence-corrected chi connectivity index (χ1v) is 10.6. The summed E-state index contributed by atoms with van der Waals surface area (Å²) >= 11 is 5.90. The van der Waals surface area contributed by atoms with Crippen LogP contribution < -0.4 is 0 Å². The molecule has 0 saturated heterocycles. The number of imidazole rings is 1. The van der Waals surface area contributed by atoms with Gasteiger partial charge in [-0.15, -0.1) is 0 Å². The van der Waals surface area contributed by atoms with Crippen LogP contribution in [0.15, 0.2) is 42.6 Å². The first kappa shape index (κ1) is 23.8. The van der Waals surface area contributed by atoms with Crippen LogP contribution in [0, 0.1) is 0 Å². The van der Waals surface area contributed by atoms with Crippen LogP contribution in [0.5, 0.6) is 0 Å². The number of Topliss-reactive ketones (excluding diaryl/α,β-unsaturated/α-hetero) is 1. The van der Waals surface area contributed by atoms with Crippen LogP contribution in [-0.2, 0) is 24.3 Å². The van der Waals surface area contributed by atoms with E-state index in [-0.39, 0.29) is 11.7 Å². The predicted octanol–water partition coefficient (Wildman–Crippen LogP) is 3.84. The molecule has 1 aliphatic rings. The lowest BCUT2D eigenvalue weighted by atomic mass is 10.1. The Morgan fingerprint density at radius 3 is 2.60 bits per heavy atom. The number of likely N-dealkylation sites (N-methyl/N-ethyl adjacent to an activating group) is 1. The topological polar surface area (TPSA) is 58.4 Å². The Kier molecular flexibility index (Phi) is 9.27. The second kappa shape index (κ2) is 11.7. The molecule has 162 valence electrons. The van der Waals surface area contributed by atoms with Crippen LogP contribution in [0.2, 0.25) is 5.02 Å². The van der Waals surface area contributed by atoms with Gasteiger partial charge in [-0.2, -0.15) is 0 Å². The number of benzene rings is 1. The van der Waals surface area contributed by atoms with Crippen LogP contribution in [-0.4, -0.2) is 58.2 Å². The highest BCUT2D eigenvalue weighted by Gasteiger charge is 2.23. The Morgan fingerprint density at radius 2 is 1.97 bits per heavy atom. The summed E-state index contributed by atoms with van der Waals surface area (Å²) in [7, 11) is 3.91. The summed E-state index contributed by atoms with van der Waals surface area (Å²) in [4.78, 5) is 31.5. The molecule has 0 spiro atoms. The summed E-state index contributed by atoms with van der Waals surface area (Å²) in [5.41, 5.74) is 1.88. The molecular formula is C23H31ClN4O2. The summed E-state index contributed by atoms with van der Waals surface area (Å²) < 4.78 is 1.90. The number of aromatic nitrogens is 2. The number of rotatable bonds is 6. The Bertz CT molecular complexity index is 889. The van der Waals surface area contributed by atoms with Crippen LogP contribution >= 0.6 is 11.6 Å². The van der Waals surface area contributed by atoms with Crippen LogP contribution in [0.4, 0.5) is 0 Å². The quantitative estimate of drug-likeness (QED) is 0.516. The van der Waals surface area contributed by atoms with E-state index in [9.17, 15) is 9.59 Å². The lowest BCUT2D eigenvalue weighted by molar-refractivity contribution is -0.127. The molecule has 1 aliphatic heterocycles. The minimum atomic E-state index is -0.00882. The molecule has 2 aromatic rings. The number of carbonyl (C=O) groups excluding carboxylic acids is 2. The molecule has 1 aromatic heterocycles. The first-order valence-electron chi connectivity index (χ1n) is 10.2. The van der Waals surface area contributed by atoms with Gasteiger partial charge < -0.3 is 14.4 Å². The van der Waals surface area contributed by atoms with Crippen molar-refractivity contribution in [3.63, 3.8) is 0 Å². The Morgan fingerprint density at radius 1 is 1.23 bits per heavy atom. The standard InChI is InChI=1S/C14H20N4O2.C9H11Cl/c1-11(19)12-9-15-13-10-17(7-8-18(12)13)14(20)5-4-6-16(2)3;1-2-5-8-6-3-4-7-9(8)10/h4-5,9H,6-8,10H2,1-3H3;3-4,6-7H,2,5H2,1H3/b5-4+;. The third kappa shape index (κ3) is 6.82. The summed E-state index contributed by atoms with van der Waals surface area (Å²) in [5, 5.41) is 0.893. The van der Waals surface area contributed by atoms with E-state index in [0.717, 1.165) is 30.2 Å². The maximum atomic E-state index is 12.0. The molecular weight excluding hydrogens is 400 g/mol. The maximum Gasteiger partial charge on any atom is 0.246 e. The van der Waals surface area contributed by atoms with Gasteiger partial charge in [-0.3, -0.25) is 9.59 Å². The summed E-state index contributed by atoms with van der Waals surface area (Å²) in [5.74, 6) is 0.774. The molecule has 1 amide bonds. The number of nitrogens with zero attached hydrogens (tertiary/aromatic N) is 4. The normalized spacial score (nSPS) is 13.2. The van der Waals surface area contributed by atoms with Gasteiger partial charge >= 0.3 is 0 Å². The molecule has 0 unspecified atom stereocenters. The van der Waals surface area contributed by atoms with Gasteiger partial charge in [-0.25, -0.2) is 4.98 Å². The van der Waals surface area contributed by atoms with Gasteiger partial charge in [-0.05, 0) is 32.1 Å². The first-order chi connectivity index (χ1) is 14.3.